The molecule has 0 aliphatic heterocycles. The molecule has 0 spiro atoms. The summed E-state index contributed by atoms with van der Waals surface area (Å²) in [7, 11) is 0. The van der Waals surface area contributed by atoms with Gasteiger partial charge in [0.05, 0.1) is 0 Å². The lowest BCUT2D eigenvalue weighted by atomic mass is 10.1. The van der Waals surface area contributed by atoms with Crippen LogP contribution in [0.1, 0.15) is 11.7 Å². The lowest BCUT2D eigenvalue weighted by molar-refractivity contribution is 0.415. The number of rotatable bonds is 3. The Morgan fingerprint density at radius 2 is 2.07 bits per heavy atom. The predicted octanol–water partition coefficient (Wildman–Crippen LogP) is 2.93. The molecule has 1 heterocycles. The number of alkyl halides is 1. The predicted molar refractivity (Wildman–Crippen MR) is 53.8 cm³/mol. The molecule has 2 rings (SSSR count). The van der Waals surface area contributed by atoms with Crippen LogP contribution in [0.2, 0.25) is 0 Å². The van der Waals surface area contributed by atoms with Crippen LogP contribution >= 0.6 is 0 Å². The van der Waals surface area contributed by atoms with Crippen molar-refractivity contribution in [2.45, 2.75) is 6.17 Å². The van der Waals surface area contributed by atoms with E-state index in [4.69, 9.17) is 4.52 Å². The zero-order valence-corrected chi connectivity index (χ0v) is 7.93. The van der Waals surface area contributed by atoms with Crippen molar-refractivity contribution < 1.29 is 8.91 Å². The van der Waals surface area contributed by atoms with E-state index in [1.54, 1.807) is 24.3 Å². The smallest absolute Gasteiger partial charge is 0.257 e. The first-order valence-electron chi connectivity index (χ1n) is 4.45. The lowest BCUT2D eigenvalue weighted by Crippen LogP contribution is -1.86. The molecule has 1 atom stereocenters. The molecule has 0 N–H and O–H groups in total. The van der Waals surface area contributed by atoms with Crippen molar-refractivity contribution in [2.75, 3.05) is 0 Å². The highest BCUT2D eigenvalue weighted by atomic mass is 19.1. The van der Waals surface area contributed by atoms with Crippen molar-refractivity contribution in [3.05, 3.63) is 48.8 Å². The van der Waals surface area contributed by atoms with Crippen LogP contribution in [0.5, 0.6) is 0 Å². The highest BCUT2D eigenvalue weighted by molar-refractivity contribution is 5.53. The van der Waals surface area contributed by atoms with Crippen molar-refractivity contribution in [3.8, 4) is 11.5 Å². The standard InChI is InChI=1S/C11H9FN2O/c1-2-10(12)8-3-5-9(6-4-8)11-13-7-14-15-11/h2-7,10H,1H2. The minimum absolute atomic E-state index is 0.426. The Morgan fingerprint density at radius 3 is 2.60 bits per heavy atom. The molecule has 4 heteroatoms. The fourth-order valence-corrected chi connectivity index (χ4v) is 1.25. The molecule has 0 saturated heterocycles. The molecule has 0 saturated carbocycles. The summed E-state index contributed by atoms with van der Waals surface area (Å²) in [5.74, 6) is 0.426. The van der Waals surface area contributed by atoms with E-state index in [1.807, 2.05) is 0 Å². The van der Waals surface area contributed by atoms with Crippen molar-refractivity contribution in [3.63, 3.8) is 0 Å². The van der Waals surface area contributed by atoms with Gasteiger partial charge in [-0.1, -0.05) is 29.9 Å². The van der Waals surface area contributed by atoms with E-state index in [0.29, 0.717) is 11.5 Å². The first-order valence-corrected chi connectivity index (χ1v) is 4.45. The number of hydrogen-bond acceptors (Lipinski definition) is 3. The van der Waals surface area contributed by atoms with Gasteiger partial charge >= 0.3 is 0 Å². The average molecular weight is 204 g/mol. The highest BCUT2D eigenvalue weighted by Gasteiger charge is 2.07. The molecule has 76 valence electrons. The first kappa shape index (κ1) is 9.58. The molecule has 0 amide bonds. The van der Waals surface area contributed by atoms with Gasteiger partial charge in [-0.25, -0.2) is 4.39 Å². The fraction of sp³-hybridized carbons (Fsp3) is 0.0909. The van der Waals surface area contributed by atoms with E-state index in [1.165, 1.54) is 12.4 Å². The number of halogens is 1. The fourth-order valence-electron chi connectivity index (χ4n) is 1.25. The number of nitrogens with zero attached hydrogens (tertiary/aromatic N) is 2. The van der Waals surface area contributed by atoms with Crippen LogP contribution in [-0.2, 0) is 0 Å². The number of aromatic nitrogens is 2. The van der Waals surface area contributed by atoms with Crippen LogP contribution in [0.3, 0.4) is 0 Å². The minimum atomic E-state index is -1.14. The lowest BCUT2D eigenvalue weighted by Gasteiger charge is -2.02. The quantitative estimate of drug-likeness (QED) is 0.721. The Kier molecular flexibility index (Phi) is 2.58. The molecule has 1 unspecified atom stereocenters. The van der Waals surface area contributed by atoms with E-state index in [0.717, 1.165) is 5.56 Å². The molecular weight excluding hydrogens is 195 g/mol. The van der Waals surface area contributed by atoms with Gasteiger partial charge in [-0.05, 0) is 17.7 Å². The third-order valence-corrected chi connectivity index (χ3v) is 2.04. The Labute approximate surface area is 86.2 Å². The third kappa shape index (κ3) is 1.93. The molecule has 0 aliphatic carbocycles. The van der Waals surface area contributed by atoms with Crippen LogP contribution < -0.4 is 0 Å². The van der Waals surface area contributed by atoms with Gasteiger partial charge in [0.25, 0.3) is 5.89 Å². The largest absolute Gasteiger partial charge is 0.334 e. The zero-order chi connectivity index (χ0) is 10.7. The Bertz CT molecular complexity index is 436. The molecule has 0 radical (unpaired) electrons. The molecule has 0 bridgehead atoms. The van der Waals surface area contributed by atoms with Crippen molar-refractivity contribution in [1.82, 2.24) is 10.1 Å². The molecule has 0 fully saturated rings. The second kappa shape index (κ2) is 4.04. The van der Waals surface area contributed by atoms with Gasteiger partial charge in [0.1, 0.15) is 6.17 Å². The van der Waals surface area contributed by atoms with Crippen molar-refractivity contribution >= 4 is 0 Å². The van der Waals surface area contributed by atoms with Gasteiger partial charge in [-0.15, -0.1) is 0 Å². The van der Waals surface area contributed by atoms with Crippen molar-refractivity contribution in [2.24, 2.45) is 0 Å². The second-order valence-electron chi connectivity index (χ2n) is 3.01. The van der Waals surface area contributed by atoms with Gasteiger partial charge in [-0.2, -0.15) is 4.98 Å². The third-order valence-electron chi connectivity index (χ3n) is 2.04. The van der Waals surface area contributed by atoms with Gasteiger partial charge in [0.2, 0.25) is 0 Å². The number of hydrogen-bond donors (Lipinski definition) is 0. The van der Waals surface area contributed by atoms with Crippen LogP contribution in [0.4, 0.5) is 4.39 Å². The van der Waals surface area contributed by atoms with Crippen molar-refractivity contribution in [1.29, 1.82) is 0 Å². The van der Waals surface area contributed by atoms with Crippen LogP contribution in [-0.4, -0.2) is 10.1 Å². The monoisotopic (exact) mass is 204 g/mol. The Balaban J connectivity index is 2.28. The van der Waals surface area contributed by atoms with Crippen LogP contribution in [0.25, 0.3) is 11.5 Å². The molecular formula is C11H9FN2O. The summed E-state index contributed by atoms with van der Waals surface area (Å²) >= 11 is 0. The maximum Gasteiger partial charge on any atom is 0.257 e. The number of allylic oxidation sites excluding steroid dienone is 1. The SMILES string of the molecule is C=CC(F)c1ccc(-c2ncno2)cc1. The van der Waals surface area contributed by atoms with E-state index in [2.05, 4.69) is 16.7 Å². The molecule has 0 aliphatic rings. The summed E-state index contributed by atoms with van der Waals surface area (Å²) in [5.41, 5.74) is 1.33. The molecule has 15 heavy (non-hydrogen) atoms. The van der Waals surface area contributed by atoms with Gasteiger partial charge in [0, 0.05) is 5.56 Å². The van der Waals surface area contributed by atoms with E-state index < -0.39 is 6.17 Å². The van der Waals surface area contributed by atoms with Gasteiger partial charge in [0.15, 0.2) is 6.33 Å². The maximum atomic E-state index is 13.2. The van der Waals surface area contributed by atoms with E-state index in [-0.39, 0.29) is 0 Å². The molecule has 2 aromatic rings. The molecule has 1 aromatic heterocycles. The normalized spacial score (nSPS) is 12.3. The first-order chi connectivity index (χ1) is 7.31. The highest BCUT2D eigenvalue weighted by Crippen LogP contribution is 2.22. The summed E-state index contributed by atoms with van der Waals surface area (Å²) in [4.78, 5) is 3.89. The van der Waals surface area contributed by atoms with E-state index >= 15 is 0 Å². The molecule has 3 nitrogen and oxygen atoms in total. The summed E-state index contributed by atoms with van der Waals surface area (Å²) in [6.45, 7) is 3.39. The van der Waals surface area contributed by atoms with Crippen LogP contribution in [0.15, 0.2) is 47.8 Å². The summed E-state index contributed by atoms with van der Waals surface area (Å²) < 4.78 is 18.0. The number of benzene rings is 1. The van der Waals surface area contributed by atoms with E-state index in [9.17, 15) is 4.39 Å². The average Bonchev–Trinajstić information content (AvgIpc) is 2.82. The summed E-state index contributed by atoms with van der Waals surface area (Å²) in [6, 6.07) is 6.82. The second-order valence-corrected chi connectivity index (χ2v) is 3.01. The Morgan fingerprint density at radius 1 is 1.33 bits per heavy atom. The molecule has 1 aromatic carbocycles. The summed E-state index contributed by atoms with van der Waals surface area (Å²) in [5, 5.41) is 3.50. The zero-order valence-electron chi connectivity index (χ0n) is 7.93. The maximum absolute atomic E-state index is 13.2. The minimum Gasteiger partial charge on any atom is -0.334 e. The van der Waals surface area contributed by atoms with Gasteiger partial charge in [-0.3, -0.25) is 0 Å². The van der Waals surface area contributed by atoms with Crippen LogP contribution in [0, 0.1) is 0 Å². The summed E-state index contributed by atoms with van der Waals surface area (Å²) in [6.07, 6.45) is 1.44. The van der Waals surface area contributed by atoms with Gasteiger partial charge < -0.3 is 4.52 Å². The topological polar surface area (TPSA) is 38.9 Å². The Hall–Kier alpha value is -1.97.